The van der Waals surface area contributed by atoms with Crippen molar-refractivity contribution in [2.75, 3.05) is 6.79 Å². The van der Waals surface area contributed by atoms with Crippen molar-refractivity contribution < 1.29 is 18.8 Å². The van der Waals surface area contributed by atoms with Gasteiger partial charge in [-0.3, -0.25) is 4.79 Å². The standard InChI is InChI=1S/C19H16BrN3O4/c20-14-3-1-2-13(9-14)19-22-18(27-23-19)10-21-17(24)7-5-12-4-6-15-16(8-12)26-11-25-15/h1-4,6,8-9H,5,7,10-11H2,(H,21,24). The third kappa shape index (κ3) is 4.28. The molecule has 8 heteroatoms. The molecule has 0 unspecified atom stereocenters. The Morgan fingerprint density at radius 1 is 1.15 bits per heavy atom. The molecule has 27 heavy (non-hydrogen) atoms. The molecule has 1 aromatic heterocycles. The van der Waals surface area contributed by atoms with E-state index in [0.29, 0.717) is 24.6 Å². The first-order valence-corrected chi connectivity index (χ1v) is 9.20. The molecule has 1 amide bonds. The fraction of sp³-hybridized carbons (Fsp3) is 0.211. The molecule has 7 nitrogen and oxygen atoms in total. The SMILES string of the molecule is O=C(CCc1ccc2c(c1)OCO2)NCc1nc(-c2cccc(Br)c2)no1. The maximum absolute atomic E-state index is 12.1. The normalized spacial score (nSPS) is 12.2. The van der Waals surface area contributed by atoms with Gasteiger partial charge in [0.15, 0.2) is 11.5 Å². The van der Waals surface area contributed by atoms with Crippen LogP contribution < -0.4 is 14.8 Å². The zero-order valence-corrected chi connectivity index (χ0v) is 15.9. The van der Waals surface area contributed by atoms with Gasteiger partial charge in [-0.1, -0.05) is 39.3 Å². The van der Waals surface area contributed by atoms with Gasteiger partial charge in [0.25, 0.3) is 0 Å². The summed E-state index contributed by atoms with van der Waals surface area (Å²) in [5, 5.41) is 6.75. The molecule has 1 aliphatic rings. The van der Waals surface area contributed by atoms with E-state index >= 15 is 0 Å². The molecule has 1 N–H and O–H groups in total. The van der Waals surface area contributed by atoms with Gasteiger partial charge in [0, 0.05) is 16.5 Å². The fourth-order valence-electron chi connectivity index (χ4n) is 2.69. The number of halogens is 1. The molecule has 2 aromatic carbocycles. The van der Waals surface area contributed by atoms with Crippen molar-refractivity contribution >= 4 is 21.8 Å². The lowest BCUT2D eigenvalue weighted by molar-refractivity contribution is -0.121. The summed E-state index contributed by atoms with van der Waals surface area (Å²) in [6.07, 6.45) is 0.960. The van der Waals surface area contributed by atoms with E-state index in [0.717, 1.165) is 27.1 Å². The van der Waals surface area contributed by atoms with Gasteiger partial charge in [-0.25, -0.2) is 0 Å². The Bertz CT molecular complexity index is 973. The Hall–Kier alpha value is -2.87. The van der Waals surface area contributed by atoms with E-state index in [9.17, 15) is 4.79 Å². The third-order valence-electron chi connectivity index (χ3n) is 4.07. The average Bonchev–Trinajstić information content (AvgIpc) is 3.33. The lowest BCUT2D eigenvalue weighted by Crippen LogP contribution is -2.23. The van der Waals surface area contributed by atoms with Gasteiger partial charge in [0.1, 0.15) is 0 Å². The second-order valence-electron chi connectivity index (χ2n) is 5.99. The number of hydrogen-bond donors (Lipinski definition) is 1. The Balaban J connectivity index is 1.28. The lowest BCUT2D eigenvalue weighted by Gasteiger charge is -2.04. The predicted molar refractivity (Wildman–Crippen MR) is 100 cm³/mol. The summed E-state index contributed by atoms with van der Waals surface area (Å²) in [5.41, 5.74) is 1.86. The number of carbonyl (C=O) groups is 1. The highest BCUT2D eigenvalue weighted by Gasteiger charge is 2.14. The van der Waals surface area contributed by atoms with Crippen LogP contribution in [0.4, 0.5) is 0 Å². The van der Waals surface area contributed by atoms with Crippen molar-refractivity contribution in [1.29, 1.82) is 0 Å². The summed E-state index contributed by atoms with van der Waals surface area (Å²) in [6, 6.07) is 13.3. The number of hydrogen-bond acceptors (Lipinski definition) is 6. The molecule has 0 atom stereocenters. The van der Waals surface area contributed by atoms with E-state index in [4.69, 9.17) is 14.0 Å². The number of ether oxygens (including phenoxy) is 2. The number of nitrogens with zero attached hydrogens (tertiary/aromatic N) is 2. The Kier molecular flexibility index (Phi) is 5.06. The van der Waals surface area contributed by atoms with Crippen molar-refractivity contribution in [3.05, 3.63) is 58.4 Å². The summed E-state index contributed by atoms with van der Waals surface area (Å²) in [5.74, 6) is 2.22. The van der Waals surface area contributed by atoms with E-state index in [2.05, 4.69) is 31.4 Å². The van der Waals surface area contributed by atoms with Crippen LogP contribution in [0.1, 0.15) is 17.9 Å². The first-order chi connectivity index (χ1) is 13.2. The zero-order valence-electron chi connectivity index (χ0n) is 14.3. The number of rotatable bonds is 6. The largest absolute Gasteiger partial charge is 0.454 e. The van der Waals surface area contributed by atoms with Crippen molar-refractivity contribution in [3.63, 3.8) is 0 Å². The molecule has 0 aliphatic carbocycles. The van der Waals surface area contributed by atoms with Crippen LogP contribution in [0, 0.1) is 0 Å². The first kappa shape index (κ1) is 17.5. The van der Waals surface area contributed by atoms with E-state index in [-0.39, 0.29) is 19.2 Å². The monoisotopic (exact) mass is 429 g/mol. The van der Waals surface area contributed by atoms with Crippen LogP contribution in [0.15, 0.2) is 51.5 Å². The lowest BCUT2D eigenvalue weighted by atomic mass is 10.1. The predicted octanol–water partition coefficient (Wildman–Crippen LogP) is 3.48. The Morgan fingerprint density at radius 3 is 2.93 bits per heavy atom. The van der Waals surface area contributed by atoms with Gasteiger partial charge in [-0.2, -0.15) is 4.98 Å². The molecule has 138 valence electrons. The van der Waals surface area contributed by atoms with Crippen LogP contribution in [0.25, 0.3) is 11.4 Å². The third-order valence-corrected chi connectivity index (χ3v) is 4.56. The molecule has 1 aliphatic heterocycles. The number of fused-ring (bicyclic) bond motifs is 1. The van der Waals surface area contributed by atoms with E-state index in [1.54, 1.807) is 0 Å². The van der Waals surface area contributed by atoms with Crippen molar-refractivity contribution in [1.82, 2.24) is 15.5 Å². The van der Waals surface area contributed by atoms with E-state index in [1.165, 1.54) is 0 Å². The molecule has 0 saturated heterocycles. The number of nitrogens with one attached hydrogen (secondary N) is 1. The van der Waals surface area contributed by atoms with Gasteiger partial charge in [-0.05, 0) is 36.2 Å². The van der Waals surface area contributed by atoms with Crippen molar-refractivity contribution in [3.8, 4) is 22.9 Å². The maximum atomic E-state index is 12.1. The number of amides is 1. The minimum absolute atomic E-state index is 0.0881. The number of carbonyl (C=O) groups excluding carboxylic acids is 1. The molecule has 0 saturated carbocycles. The van der Waals surface area contributed by atoms with Gasteiger partial charge in [0.2, 0.25) is 24.4 Å². The van der Waals surface area contributed by atoms with Crippen LogP contribution in [0.2, 0.25) is 0 Å². The molecule has 0 bridgehead atoms. The summed E-state index contributed by atoms with van der Waals surface area (Å²) < 4.78 is 16.8. The second kappa shape index (κ2) is 7.79. The van der Waals surface area contributed by atoms with E-state index in [1.807, 2.05) is 42.5 Å². The summed E-state index contributed by atoms with van der Waals surface area (Å²) in [7, 11) is 0. The summed E-state index contributed by atoms with van der Waals surface area (Å²) in [4.78, 5) is 16.4. The molecular formula is C19H16BrN3O4. The summed E-state index contributed by atoms with van der Waals surface area (Å²) >= 11 is 3.41. The van der Waals surface area contributed by atoms with Gasteiger partial charge < -0.3 is 19.3 Å². The van der Waals surface area contributed by atoms with E-state index < -0.39 is 0 Å². The van der Waals surface area contributed by atoms with Gasteiger partial charge in [-0.15, -0.1) is 0 Å². The van der Waals surface area contributed by atoms with Gasteiger partial charge >= 0.3 is 0 Å². The molecule has 0 spiro atoms. The number of benzene rings is 2. The molecule has 0 fully saturated rings. The number of aromatic nitrogens is 2. The highest BCUT2D eigenvalue weighted by atomic mass is 79.9. The Labute approximate surface area is 163 Å². The fourth-order valence-corrected chi connectivity index (χ4v) is 3.09. The number of aryl methyl sites for hydroxylation is 1. The quantitative estimate of drug-likeness (QED) is 0.645. The molecule has 4 rings (SSSR count). The molecule has 3 aromatic rings. The zero-order chi connectivity index (χ0) is 18.6. The Morgan fingerprint density at radius 2 is 2.04 bits per heavy atom. The maximum Gasteiger partial charge on any atom is 0.246 e. The van der Waals surface area contributed by atoms with Crippen molar-refractivity contribution in [2.24, 2.45) is 0 Å². The molecule has 0 radical (unpaired) electrons. The molecular weight excluding hydrogens is 414 g/mol. The second-order valence-corrected chi connectivity index (χ2v) is 6.90. The molecule has 2 heterocycles. The van der Waals surface area contributed by atoms with Crippen LogP contribution in [0.5, 0.6) is 11.5 Å². The van der Waals surface area contributed by atoms with Crippen LogP contribution in [0.3, 0.4) is 0 Å². The summed E-state index contributed by atoms with van der Waals surface area (Å²) in [6.45, 7) is 0.437. The minimum atomic E-state index is -0.0881. The van der Waals surface area contributed by atoms with Crippen LogP contribution in [-0.2, 0) is 17.8 Å². The van der Waals surface area contributed by atoms with Crippen LogP contribution in [-0.4, -0.2) is 22.8 Å². The van der Waals surface area contributed by atoms with Crippen LogP contribution >= 0.6 is 15.9 Å². The van der Waals surface area contributed by atoms with Crippen molar-refractivity contribution in [2.45, 2.75) is 19.4 Å². The van der Waals surface area contributed by atoms with Gasteiger partial charge in [0.05, 0.1) is 6.54 Å². The first-order valence-electron chi connectivity index (χ1n) is 8.41. The average molecular weight is 430 g/mol. The minimum Gasteiger partial charge on any atom is -0.454 e. The topological polar surface area (TPSA) is 86.5 Å². The smallest absolute Gasteiger partial charge is 0.246 e. The highest BCUT2D eigenvalue weighted by Crippen LogP contribution is 2.32. The highest BCUT2D eigenvalue weighted by molar-refractivity contribution is 9.10.